The fourth-order valence-electron chi connectivity index (χ4n) is 3.25. The Morgan fingerprint density at radius 3 is 2.11 bits per heavy atom. The van der Waals surface area contributed by atoms with E-state index in [4.69, 9.17) is 0 Å². The van der Waals surface area contributed by atoms with Gasteiger partial charge in [0.05, 0.1) is 11.0 Å². The van der Waals surface area contributed by atoms with Gasteiger partial charge in [-0.25, -0.2) is 0 Å². The Morgan fingerprint density at radius 2 is 1.63 bits per heavy atom. The normalized spacial score (nSPS) is 23.2. The summed E-state index contributed by atoms with van der Waals surface area (Å²) in [6.45, 7) is 0. The lowest BCUT2D eigenvalue weighted by Gasteiger charge is -2.24. The van der Waals surface area contributed by atoms with Crippen LogP contribution in [0.1, 0.15) is 49.7 Å². The third-order valence-electron chi connectivity index (χ3n) is 4.73. The van der Waals surface area contributed by atoms with E-state index in [0.717, 1.165) is 49.7 Å². The van der Waals surface area contributed by atoms with Gasteiger partial charge in [0.1, 0.15) is 0 Å². The van der Waals surface area contributed by atoms with E-state index in [-0.39, 0.29) is 0 Å². The average Bonchev–Trinajstić information content (AvgIpc) is 2.93. The second kappa shape index (κ2) is 4.34. The monoisotopic (exact) mass is 260 g/mol. The van der Waals surface area contributed by atoms with Gasteiger partial charge in [-0.15, -0.1) is 0 Å². The molecule has 2 saturated carbocycles. The summed E-state index contributed by atoms with van der Waals surface area (Å²) in [6, 6.07) is 7.85. The van der Waals surface area contributed by atoms with Crippen molar-refractivity contribution in [3.8, 4) is 0 Å². The summed E-state index contributed by atoms with van der Waals surface area (Å²) in [6.07, 6.45) is 5.92. The summed E-state index contributed by atoms with van der Waals surface area (Å²) >= 11 is 0. The molecule has 19 heavy (non-hydrogen) atoms. The van der Waals surface area contributed by atoms with E-state index >= 15 is 0 Å². The van der Waals surface area contributed by atoms with Gasteiger partial charge in [0.2, 0.25) is 0 Å². The first-order valence-corrected chi connectivity index (χ1v) is 7.09. The number of benzene rings is 1. The zero-order chi connectivity index (χ0) is 13.5. The lowest BCUT2D eigenvalue weighted by molar-refractivity contribution is -0.143. The van der Waals surface area contributed by atoms with E-state index in [9.17, 15) is 15.0 Å². The van der Waals surface area contributed by atoms with Crippen LogP contribution in [0.5, 0.6) is 0 Å². The van der Waals surface area contributed by atoms with Crippen LogP contribution in [-0.2, 0) is 16.6 Å². The van der Waals surface area contributed by atoms with Crippen LogP contribution >= 0.6 is 0 Å². The Labute approximate surface area is 113 Å². The zero-order valence-electron chi connectivity index (χ0n) is 11.1. The molecular weight excluding hydrogens is 240 g/mol. The van der Waals surface area contributed by atoms with E-state index < -0.39 is 17.0 Å². The Hall–Kier alpha value is -1.35. The minimum atomic E-state index is -0.696. The number of carboxylic acids is 1. The lowest BCUT2D eigenvalue weighted by atomic mass is 9.78. The molecule has 0 atom stereocenters. The maximum Gasteiger partial charge on any atom is 0.314 e. The van der Waals surface area contributed by atoms with Gasteiger partial charge in [0.25, 0.3) is 0 Å². The largest absolute Gasteiger partial charge is 0.481 e. The van der Waals surface area contributed by atoms with Crippen LogP contribution in [0.15, 0.2) is 24.3 Å². The van der Waals surface area contributed by atoms with Gasteiger partial charge in [-0.3, -0.25) is 4.79 Å². The van der Waals surface area contributed by atoms with E-state index in [1.807, 2.05) is 24.3 Å². The summed E-state index contributed by atoms with van der Waals surface area (Å²) in [4.78, 5) is 11.6. The number of hydrogen-bond donors (Lipinski definition) is 2. The van der Waals surface area contributed by atoms with E-state index in [1.165, 1.54) is 0 Å². The molecule has 1 aromatic rings. The molecule has 0 unspecified atom stereocenters. The van der Waals surface area contributed by atoms with Crippen LogP contribution in [0.25, 0.3) is 0 Å². The highest BCUT2D eigenvalue weighted by molar-refractivity contribution is 5.81. The molecule has 3 heteroatoms. The summed E-state index contributed by atoms with van der Waals surface area (Å²) in [5.74, 6) is -0.696. The fraction of sp³-hybridized carbons (Fsp3) is 0.562. The molecule has 3 nitrogen and oxygen atoms in total. The van der Waals surface area contributed by atoms with Gasteiger partial charge in [-0.2, -0.15) is 0 Å². The van der Waals surface area contributed by atoms with Crippen LogP contribution in [0.4, 0.5) is 0 Å². The van der Waals surface area contributed by atoms with E-state index in [1.54, 1.807) is 0 Å². The average molecular weight is 260 g/mol. The third kappa shape index (κ3) is 2.27. The molecule has 2 N–H and O–H groups in total. The Kier molecular flexibility index (Phi) is 2.90. The smallest absolute Gasteiger partial charge is 0.314 e. The van der Waals surface area contributed by atoms with Gasteiger partial charge >= 0.3 is 5.97 Å². The SMILES string of the molecule is O=C(O)C1(c2ccc(CC3(O)CC3)cc2)CCCC1. The maximum atomic E-state index is 11.6. The summed E-state index contributed by atoms with van der Waals surface area (Å²) < 4.78 is 0. The van der Waals surface area contributed by atoms with Gasteiger partial charge in [0.15, 0.2) is 0 Å². The quantitative estimate of drug-likeness (QED) is 0.875. The van der Waals surface area contributed by atoms with E-state index in [0.29, 0.717) is 6.42 Å². The predicted molar refractivity (Wildman–Crippen MR) is 72.1 cm³/mol. The molecule has 0 radical (unpaired) electrons. The topological polar surface area (TPSA) is 57.5 Å². The van der Waals surface area contributed by atoms with Crippen molar-refractivity contribution in [2.75, 3.05) is 0 Å². The molecule has 2 fully saturated rings. The molecule has 0 aliphatic heterocycles. The van der Waals surface area contributed by atoms with Crippen molar-refractivity contribution < 1.29 is 15.0 Å². The van der Waals surface area contributed by atoms with Crippen molar-refractivity contribution in [2.45, 2.75) is 56.0 Å². The first kappa shape index (κ1) is 12.7. The molecule has 2 aliphatic carbocycles. The van der Waals surface area contributed by atoms with Crippen molar-refractivity contribution >= 4 is 5.97 Å². The number of rotatable bonds is 4. The minimum absolute atomic E-state index is 0.487. The molecule has 3 rings (SSSR count). The number of aliphatic carboxylic acids is 1. The molecular formula is C16H20O3. The highest BCUT2D eigenvalue weighted by Gasteiger charge is 2.43. The molecule has 2 aliphatic rings. The minimum Gasteiger partial charge on any atom is -0.481 e. The highest BCUT2D eigenvalue weighted by Crippen LogP contribution is 2.42. The highest BCUT2D eigenvalue weighted by atomic mass is 16.4. The molecule has 102 valence electrons. The van der Waals surface area contributed by atoms with Crippen LogP contribution in [0.3, 0.4) is 0 Å². The van der Waals surface area contributed by atoms with Crippen molar-refractivity contribution in [2.24, 2.45) is 0 Å². The third-order valence-corrected chi connectivity index (χ3v) is 4.73. The molecule has 0 aromatic heterocycles. The number of carboxylic acid groups (broad SMARTS) is 1. The molecule has 0 spiro atoms. The Morgan fingerprint density at radius 1 is 1.05 bits per heavy atom. The molecule has 0 amide bonds. The van der Waals surface area contributed by atoms with Crippen LogP contribution in [-0.4, -0.2) is 21.8 Å². The summed E-state index contributed by atoms with van der Waals surface area (Å²) in [7, 11) is 0. The Bertz CT molecular complexity index is 479. The van der Waals surface area contributed by atoms with Crippen molar-refractivity contribution in [3.05, 3.63) is 35.4 Å². The zero-order valence-corrected chi connectivity index (χ0v) is 11.1. The van der Waals surface area contributed by atoms with Crippen molar-refractivity contribution in [3.63, 3.8) is 0 Å². The lowest BCUT2D eigenvalue weighted by Crippen LogP contribution is -2.32. The van der Waals surface area contributed by atoms with Gasteiger partial charge in [-0.05, 0) is 36.8 Å². The molecule has 0 heterocycles. The van der Waals surface area contributed by atoms with Gasteiger partial charge in [-0.1, -0.05) is 37.1 Å². The van der Waals surface area contributed by atoms with Gasteiger partial charge < -0.3 is 10.2 Å². The van der Waals surface area contributed by atoms with Crippen LogP contribution in [0.2, 0.25) is 0 Å². The molecule has 1 aromatic carbocycles. The van der Waals surface area contributed by atoms with Crippen molar-refractivity contribution in [1.29, 1.82) is 0 Å². The molecule has 0 saturated heterocycles. The van der Waals surface area contributed by atoms with Gasteiger partial charge in [0, 0.05) is 6.42 Å². The second-order valence-electron chi connectivity index (χ2n) is 6.19. The Balaban J connectivity index is 1.83. The van der Waals surface area contributed by atoms with Crippen molar-refractivity contribution in [1.82, 2.24) is 0 Å². The van der Waals surface area contributed by atoms with E-state index in [2.05, 4.69) is 0 Å². The maximum absolute atomic E-state index is 11.6. The first-order chi connectivity index (χ1) is 9.04. The summed E-state index contributed by atoms with van der Waals surface area (Å²) in [5.41, 5.74) is 0.861. The second-order valence-corrected chi connectivity index (χ2v) is 6.19. The summed E-state index contributed by atoms with van der Waals surface area (Å²) in [5, 5.41) is 19.5. The predicted octanol–water partition coefficient (Wildman–Crippen LogP) is 2.65. The standard InChI is InChI=1S/C16H20O3/c17-14(18)16(7-1-2-8-16)13-5-3-12(4-6-13)11-15(19)9-10-15/h3-6,19H,1-2,7-11H2,(H,17,18). The first-order valence-electron chi connectivity index (χ1n) is 7.09. The number of aliphatic hydroxyl groups is 1. The molecule has 0 bridgehead atoms. The van der Waals surface area contributed by atoms with Crippen LogP contribution < -0.4 is 0 Å². The van der Waals surface area contributed by atoms with Crippen LogP contribution in [0, 0.1) is 0 Å². The number of carbonyl (C=O) groups is 1. The number of hydrogen-bond acceptors (Lipinski definition) is 2. The fourth-order valence-corrected chi connectivity index (χ4v) is 3.25.